The van der Waals surface area contributed by atoms with Crippen molar-refractivity contribution in [1.82, 2.24) is 9.38 Å². The van der Waals surface area contributed by atoms with Gasteiger partial charge in [0.15, 0.2) is 14.9 Å². The van der Waals surface area contributed by atoms with E-state index in [1.54, 1.807) is 29.7 Å². The third kappa shape index (κ3) is 1.29. The summed E-state index contributed by atoms with van der Waals surface area (Å²) in [6.07, 6.45) is 3.10. The van der Waals surface area contributed by atoms with Crippen LogP contribution in [0.3, 0.4) is 0 Å². The highest BCUT2D eigenvalue weighted by molar-refractivity contribution is 7.91. The van der Waals surface area contributed by atoms with Gasteiger partial charge in [-0.2, -0.15) is 0 Å². The highest BCUT2D eigenvalue weighted by Crippen LogP contribution is 2.13. The van der Waals surface area contributed by atoms with E-state index in [0.717, 1.165) is 0 Å². The Bertz CT molecular complexity index is 557. The molecule has 74 valence electrons. The van der Waals surface area contributed by atoms with Crippen LogP contribution in [0.15, 0.2) is 35.6 Å². The fourth-order valence-corrected chi connectivity index (χ4v) is 2.25. The van der Waals surface area contributed by atoms with Gasteiger partial charge in [0.1, 0.15) is 5.65 Å². The third-order valence-electron chi connectivity index (χ3n) is 2.08. The lowest BCUT2D eigenvalue weighted by molar-refractivity contribution is 0.592. The molecular weight excluding hydrogens is 200 g/mol. The summed E-state index contributed by atoms with van der Waals surface area (Å²) in [6.45, 7) is 1.62. The molecule has 0 bridgehead atoms. The molecule has 0 spiro atoms. The Morgan fingerprint density at radius 3 is 2.93 bits per heavy atom. The first kappa shape index (κ1) is 9.21. The normalized spacial score (nSPS) is 12.1. The molecule has 0 N–H and O–H groups in total. The van der Waals surface area contributed by atoms with Gasteiger partial charge < -0.3 is 0 Å². The van der Waals surface area contributed by atoms with Crippen molar-refractivity contribution in [3.8, 4) is 0 Å². The van der Waals surface area contributed by atoms with Crippen molar-refractivity contribution in [2.24, 2.45) is 0 Å². The van der Waals surface area contributed by atoms with Crippen molar-refractivity contribution < 1.29 is 8.42 Å². The lowest BCUT2D eigenvalue weighted by atomic mass is 10.5. The van der Waals surface area contributed by atoms with E-state index in [0.29, 0.717) is 5.65 Å². The third-order valence-corrected chi connectivity index (χ3v) is 3.78. The van der Waals surface area contributed by atoms with Gasteiger partial charge in [0.2, 0.25) is 0 Å². The van der Waals surface area contributed by atoms with Crippen LogP contribution in [0.5, 0.6) is 0 Å². The van der Waals surface area contributed by atoms with E-state index < -0.39 is 9.84 Å². The summed E-state index contributed by atoms with van der Waals surface area (Å²) >= 11 is 0. The molecule has 4 nitrogen and oxygen atoms in total. The van der Waals surface area contributed by atoms with Gasteiger partial charge in [0, 0.05) is 6.20 Å². The molecule has 0 unspecified atom stereocenters. The van der Waals surface area contributed by atoms with Gasteiger partial charge in [-0.3, -0.25) is 4.40 Å². The topological polar surface area (TPSA) is 51.4 Å². The average Bonchev–Trinajstić information content (AvgIpc) is 2.61. The van der Waals surface area contributed by atoms with Crippen LogP contribution in [-0.2, 0) is 9.84 Å². The molecule has 0 fully saturated rings. The van der Waals surface area contributed by atoms with Crippen molar-refractivity contribution in [2.45, 2.75) is 11.9 Å². The van der Waals surface area contributed by atoms with Gasteiger partial charge in [0.25, 0.3) is 0 Å². The van der Waals surface area contributed by atoms with E-state index in [1.165, 1.54) is 6.20 Å². The van der Waals surface area contributed by atoms with Crippen LogP contribution < -0.4 is 0 Å². The molecule has 5 heteroatoms. The van der Waals surface area contributed by atoms with Crippen LogP contribution in [0, 0.1) is 0 Å². The number of fused-ring (bicyclic) bond motifs is 1. The Kier molecular flexibility index (Phi) is 2.03. The molecule has 2 rings (SSSR count). The smallest absolute Gasteiger partial charge is 0.195 e. The number of sulfone groups is 1. The second-order valence-electron chi connectivity index (χ2n) is 2.93. The van der Waals surface area contributed by atoms with Crippen molar-refractivity contribution in [2.75, 3.05) is 5.75 Å². The monoisotopic (exact) mass is 210 g/mol. The van der Waals surface area contributed by atoms with E-state index in [1.807, 2.05) is 6.07 Å². The maximum Gasteiger partial charge on any atom is 0.195 e. The number of hydrogen-bond donors (Lipinski definition) is 0. The van der Waals surface area contributed by atoms with E-state index in [2.05, 4.69) is 4.98 Å². The largest absolute Gasteiger partial charge is 0.291 e. The lowest BCUT2D eigenvalue weighted by Gasteiger charge is -1.99. The van der Waals surface area contributed by atoms with Crippen LogP contribution >= 0.6 is 0 Å². The van der Waals surface area contributed by atoms with Gasteiger partial charge in [-0.05, 0) is 12.1 Å². The molecule has 0 aliphatic carbocycles. The minimum absolute atomic E-state index is 0.0929. The van der Waals surface area contributed by atoms with E-state index in [-0.39, 0.29) is 10.8 Å². The van der Waals surface area contributed by atoms with Gasteiger partial charge in [0.05, 0.1) is 11.9 Å². The molecule has 0 amide bonds. The second-order valence-corrected chi connectivity index (χ2v) is 5.15. The van der Waals surface area contributed by atoms with E-state index in [9.17, 15) is 8.42 Å². The Balaban J connectivity index is 2.77. The first-order valence-corrected chi connectivity index (χ1v) is 5.95. The quantitative estimate of drug-likeness (QED) is 0.746. The fraction of sp³-hybridized carbons (Fsp3) is 0.222. The van der Waals surface area contributed by atoms with Gasteiger partial charge in [-0.1, -0.05) is 13.0 Å². The molecule has 2 aromatic heterocycles. The van der Waals surface area contributed by atoms with Crippen molar-refractivity contribution in [3.63, 3.8) is 0 Å². The average molecular weight is 210 g/mol. The van der Waals surface area contributed by atoms with Crippen molar-refractivity contribution in [1.29, 1.82) is 0 Å². The zero-order valence-electron chi connectivity index (χ0n) is 7.71. The Morgan fingerprint density at radius 2 is 2.21 bits per heavy atom. The molecule has 0 aromatic carbocycles. The molecule has 2 heterocycles. The van der Waals surface area contributed by atoms with E-state index in [4.69, 9.17) is 0 Å². The van der Waals surface area contributed by atoms with Crippen molar-refractivity contribution in [3.05, 3.63) is 30.6 Å². The minimum atomic E-state index is -3.18. The van der Waals surface area contributed by atoms with Crippen LogP contribution in [0.2, 0.25) is 0 Å². The molecule has 0 saturated carbocycles. The number of rotatable bonds is 2. The second kappa shape index (κ2) is 3.09. The molecule has 2 aromatic rings. The molecule has 0 radical (unpaired) electrons. The summed E-state index contributed by atoms with van der Waals surface area (Å²) in [5.74, 6) is 0.0929. The molecular formula is C9H10N2O2S. The summed E-state index contributed by atoms with van der Waals surface area (Å²) in [5, 5.41) is 0.260. The molecule has 0 saturated heterocycles. The van der Waals surface area contributed by atoms with E-state index >= 15 is 0 Å². The molecule has 14 heavy (non-hydrogen) atoms. The zero-order chi connectivity index (χ0) is 10.2. The van der Waals surface area contributed by atoms with Gasteiger partial charge in [-0.25, -0.2) is 13.4 Å². The highest BCUT2D eigenvalue weighted by atomic mass is 32.2. The predicted molar refractivity (Wildman–Crippen MR) is 52.9 cm³/mol. The summed E-state index contributed by atoms with van der Waals surface area (Å²) in [5.41, 5.74) is 0.652. The van der Waals surface area contributed by atoms with Crippen molar-refractivity contribution >= 4 is 15.5 Å². The number of pyridine rings is 1. The minimum Gasteiger partial charge on any atom is -0.291 e. The summed E-state index contributed by atoms with van der Waals surface area (Å²) in [4.78, 5) is 4.02. The van der Waals surface area contributed by atoms with Crippen LogP contribution in [0.25, 0.3) is 5.65 Å². The number of aromatic nitrogens is 2. The Labute approximate surface area is 82.1 Å². The standard InChI is InChI=1S/C9H10N2O2S/c1-2-14(12,13)9-7-10-8-5-3-4-6-11(8)9/h3-7H,2H2,1H3. The molecule has 0 atom stereocenters. The highest BCUT2D eigenvalue weighted by Gasteiger charge is 2.16. The van der Waals surface area contributed by atoms with Crippen LogP contribution in [0.4, 0.5) is 0 Å². The van der Waals surface area contributed by atoms with Gasteiger partial charge in [-0.15, -0.1) is 0 Å². The SMILES string of the molecule is CCS(=O)(=O)c1cnc2ccccn12. The Hall–Kier alpha value is -1.36. The predicted octanol–water partition coefficient (Wildman–Crippen LogP) is 1.13. The zero-order valence-corrected chi connectivity index (χ0v) is 8.53. The maximum atomic E-state index is 11.6. The maximum absolute atomic E-state index is 11.6. The van der Waals surface area contributed by atoms with Crippen LogP contribution in [-0.4, -0.2) is 23.6 Å². The molecule has 0 aliphatic rings. The first-order valence-electron chi connectivity index (χ1n) is 4.30. The van der Waals surface area contributed by atoms with Gasteiger partial charge >= 0.3 is 0 Å². The Morgan fingerprint density at radius 1 is 1.43 bits per heavy atom. The number of nitrogens with zero attached hydrogens (tertiary/aromatic N) is 2. The summed E-state index contributed by atoms with van der Waals surface area (Å²) in [6, 6.07) is 5.38. The summed E-state index contributed by atoms with van der Waals surface area (Å²) in [7, 11) is -3.18. The number of hydrogen-bond acceptors (Lipinski definition) is 3. The number of imidazole rings is 1. The van der Waals surface area contributed by atoms with Crippen LogP contribution in [0.1, 0.15) is 6.92 Å². The first-order chi connectivity index (χ1) is 6.65. The molecule has 0 aliphatic heterocycles. The summed E-state index contributed by atoms with van der Waals surface area (Å²) < 4.78 is 24.8. The lowest BCUT2D eigenvalue weighted by Crippen LogP contribution is -2.06. The fourth-order valence-electron chi connectivity index (χ4n) is 1.29.